The molecule has 3 aromatic rings. The molecule has 8 nitrogen and oxygen atoms in total. The summed E-state index contributed by atoms with van der Waals surface area (Å²) >= 11 is 6.16. The molecule has 190 valence electrons. The molecule has 0 saturated carbocycles. The molecule has 36 heavy (non-hydrogen) atoms. The highest BCUT2D eigenvalue weighted by molar-refractivity contribution is 6.32. The number of nitrogens with zero attached hydrogens (tertiary/aromatic N) is 4. The number of hydrogen-bond donors (Lipinski definition) is 1. The van der Waals surface area contributed by atoms with Gasteiger partial charge >= 0.3 is 5.97 Å². The number of anilines is 1. The number of piperazine rings is 1. The van der Waals surface area contributed by atoms with Gasteiger partial charge in [-0.05, 0) is 29.7 Å². The number of hydrogen-bond acceptors (Lipinski definition) is 7. The number of aromatic carboxylic acids is 1. The van der Waals surface area contributed by atoms with Gasteiger partial charge in [0.2, 0.25) is 5.95 Å². The molecule has 0 spiro atoms. The Morgan fingerprint density at radius 2 is 1.72 bits per heavy atom. The van der Waals surface area contributed by atoms with Crippen molar-refractivity contribution in [2.24, 2.45) is 0 Å². The van der Waals surface area contributed by atoms with Gasteiger partial charge in [-0.15, -0.1) is 0 Å². The first kappa shape index (κ1) is 25.7. The van der Waals surface area contributed by atoms with E-state index in [-0.39, 0.29) is 12.2 Å². The SMILES string of the molecule is CC(C)c1ccccc1OCCN1CCN(c2ncc(C(=O)O)c(COc3ccccc3Cl)n2)CC1. The maximum absolute atomic E-state index is 11.7. The number of aromatic nitrogens is 2. The van der Waals surface area contributed by atoms with Crippen LogP contribution in [0.5, 0.6) is 11.5 Å². The molecule has 1 aromatic heterocycles. The Morgan fingerprint density at radius 1 is 1.03 bits per heavy atom. The van der Waals surface area contributed by atoms with E-state index in [1.165, 1.54) is 11.8 Å². The average molecular weight is 511 g/mol. The van der Waals surface area contributed by atoms with Crippen LogP contribution in [0.3, 0.4) is 0 Å². The molecule has 1 fully saturated rings. The third-order valence-electron chi connectivity index (χ3n) is 6.15. The summed E-state index contributed by atoms with van der Waals surface area (Å²) in [5.41, 5.74) is 1.55. The molecule has 0 amide bonds. The van der Waals surface area contributed by atoms with Crippen molar-refractivity contribution >= 4 is 23.5 Å². The van der Waals surface area contributed by atoms with Gasteiger partial charge in [-0.1, -0.05) is 55.8 Å². The lowest BCUT2D eigenvalue weighted by Gasteiger charge is -2.34. The van der Waals surface area contributed by atoms with E-state index in [1.54, 1.807) is 24.3 Å². The van der Waals surface area contributed by atoms with Crippen LogP contribution >= 0.6 is 11.6 Å². The lowest BCUT2D eigenvalue weighted by atomic mass is 10.0. The molecule has 2 heterocycles. The number of para-hydroxylation sites is 2. The Kier molecular flexibility index (Phi) is 8.61. The fraction of sp³-hybridized carbons (Fsp3) is 0.370. The number of halogens is 1. The molecule has 0 atom stereocenters. The second kappa shape index (κ2) is 12.1. The van der Waals surface area contributed by atoms with Gasteiger partial charge in [0, 0.05) is 38.9 Å². The largest absolute Gasteiger partial charge is 0.492 e. The van der Waals surface area contributed by atoms with Crippen molar-refractivity contribution in [2.45, 2.75) is 26.4 Å². The third-order valence-corrected chi connectivity index (χ3v) is 6.46. The number of carboxylic acids is 1. The number of rotatable bonds is 10. The zero-order valence-electron chi connectivity index (χ0n) is 20.6. The summed E-state index contributed by atoms with van der Waals surface area (Å²) in [7, 11) is 0. The molecule has 1 saturated heterocycles. The normalized spacial score (nSPS) is 14.2. The van der Waals surface area contributed by atoms with Crippen LogP contribution in [-0.4, -0.2) is 65.3 Å². The van der Waals surface area contributed by atoms with E-state index in [9.17, 15) is 9.90 Å². The van der Waals surface area contributed by atoms with Crippen molar-refractivity contribution in [1.82, 2.24) is 14.9 Å². The predicted molar refractivity (Wildman–Crippen MR) is 139 cm³/mol. The first-order valence-corrected chi connectivity index (χ1v) is 12.5. The zero-order valence-corrected chi connectivity index (χ0v) is 21.3. The van der Waals surface area contributed by atoms with E-state index >= 15 is 0 Å². The highest BCUT2D eigenvalue weighted by atomic mass is 35.5. The Bertz CT molecular complexity index is 1180. The lowest BCUT2D eigenvalue weighted by molar-refractivity contribution is 0.0692. The van der Waals surface area contributed by atoms with E-state index in [1.807, 2.05) is 18.2 Å². The second-order valence-corrected chi connectivity index (χ2v) is 9.33. The molecule has 2 aromatic carbocycles. The molecule has 0 aliphatic carbocycles. The van der Waals surface area contributed by atoms with E-state index in [4.69, 9.17) is 21.1 Å². The van der Waals surface area contributed by atoms with Crippen LogP contribution in [0.2, 0.25) is 5.02 Å². The van der Waals surface area contributed by atoms with Gasteiger partial charge < -0.3 is 19.5 Å². The average Bonchev–Trinajstić information content (AvgIpc) is 2.88. The van der Waals surface area contributed by atoms with Crippen LogP contribution in [-0.2, 0) is 6.61 Å². The summed E-state index contributed by atoms with van der Waals surface area (Å²) in [6.07, 6.45) is 1.35. The maximum atomic E-state index is 11.7. The number of benzene rings is 2. The predicted octanol–water partition coefficient (Wildman–Crippen LogP) is 4.73. The maximum Gasteiger partial charge on any atom is 0.339 e. The minimum atomic E-state index is -1.09. The van der Waals surface area contributed by atoms with Crippen molar-refractivity contribution in [2.75, 3.05) is 44.2 Å². The van der Waals surface area contributed by atoms with Crippen LogP contribution < -0.4 is 14.4 Å². The zero-order chi connectivity index (χ0) is 25.5. The molecule has 0 unspecified atom stereocenters. The fourth-order valence-corrected chi connectivity index (χ4v) is 4.29. The Hall–Kier alpha value is -3.36. The van der Waals surface area contributed by atoms with Crippen LogP contribution in [0.15, 0.2) is 54.7 Å². The molecular weight excluding hydrogens is 480 g/mol. The van der Waals surface area contributed by atoms with Crippen molar-refractivity contribution in [3.63, 3.8) is 0 Å². The summed E-state index contributed by atoms with van der Waals surface area (Å²) in [6.45, 7) is 8.92. The van der Waals surface area contributed by atoms with Crippen molar-refractivity contribution in [1.29, 1.82) is 0 Å². The molecule has 9 heteroatoms. The minimum Gasteiger partial charge on any atom is -0.492 e. The number of carbonyl (C=O) groups is 1. The second-order valence-electron chi connectivity index (χ2n) is 8.92. The third kappa shape index (κ3) is 6.44. The minimum absolute atomic E-state index is 0.0169. The molecule has 4 rings (SSSR count). The van der Waals surface area contributed by atoms with Crippen LogP contribution in [0, 0.1) is 0 Å². The van der Waals surface area contributed by atoms with Gasteiger partial charge in [-0.25, -0.2) is 14.8 Å². The summed E-state index contributed by atoms with van der Waals surface area (Å²) in [5.74, 6) is 1.24. The molecule has 1 aliphatic rings. The summed E-state index contributed by atoms with van der Waals surface area (Å²) in [6, 6.07) is 15.2. The Labute approximate surface area is 216 Å². The number of carboxylic acid groups (broad SMARTS) is 1. The highest BCUT2D eigenvalue weighted by Gasteiger charge is 2.22. The number of ether oxygens (including phenoxy) is 2. The lowest BCUT2D eigenvalue weighted by Crippen LogP contribution is -2.48. The van der Waals surface area contributed by atoms with E-state index in [2.05, 4.69) is 39.7 Å². The Balaban J connectivity index is 1.33. The van der Waals surface area contributed by atoms with Crippen molar-refractivity contribution < 1.29 is 19.4 Å². The quantitative estimate of drug-likeness (QED) is 0.419. The van der Waals surface area contributed by atoms with E-state index in [0.29, 0.717) is 34.9 Å². The molecule has 1 N–H and O–H groups in total. The monoisotopic (exact) mass is 510 g/mol. The topological polar surface area (TPSA) is 88.0 Å². The molecule has 1 aliphatic heterocycles. The van der Waals surface area contributed by atoms with Crippen LogP contribution in [0.25, 0.3) is 0 Å². The molecule has 0 radical (unpaired) electrons. The fourth-order valence-electron chi connectivity index (χ4n) is 4.10. The van der Waals surface area contributed by atoms with E-state index < -0.39 is 5.97 Å². The Morgan fingerprint density at radius 3 is 2.42 bits per heavy atom. The summed E-state index contributed by atoms with van der Waals surface area (Å²) in [5, 5.41) is 10.0. The summed E-state index contributed by atoms with van der Waals surface area (Å²) < 4.78 is 11.8. The van der Waals surface area contributed by atoms with Gasteiger partial charge in [0.15, 0.2) is 0 Å². The van der Waals surface area contributed by atoms with Gasteiger partial charge in [-0.3, -0.25) is 4.90 Å². The first-order chi connectivity index (χ1) is 17.4. The van der Waals surface area contributed by atoms with Crippen molar-refractivity contribution in [3.05, 3.63) is 76.6 Å². The van der Waals surface area contributed by atoms with Gasteiger partial charge in [0.1, 0.15) is 30.3 Å². The van der Waals surface area contributed by atoms with Gasteiger partial charge in [0.05, 0.1) is 10.7 Å². The molecular formula is C27H31ClN4O4. The van der Waals surface area contributed by atoms with Gasteiger partial charge in [-0.2, -0.15) is 0 Å². The van der Waals surface area contributed by atoms with Crippen molar-refractivity contribution in [3.8, 4) is 11.5 Å². The van der Waals surface area contributed by atoms with E-state index in [0.717, 1.165) is 38.5 Å². The molecule has 0 bridgehead atoms. The van der Waals surface area contributed by atoms with Crippen LogP contribution in [0.1, 0.15) is 41.4 Å². The smallest absolute Gasteiger partial charge is 0.339 e. The highest BCUT2D eigenvalue weighted by Crippen LogP contribution is 2.26. The van der Waals surface area contributed by atoms with Gasteiger partial charge in [0.25, 0.3) is 0 Å². The standard InChI is InChI=1S/C27H31ClN4O4/c1-19(2)20-7-3-5-9-24(20)35-16-15-31-11-13-32(14-12-31)27-29-17-21(26(33)34)23(30-27)18-36-25-10-6-4-8-22(25)28/h3-10,17,19H,11-16,18H2,1-2H3,(H,33,34). The summed E-state index contributed by atoms with van der Waals surface area (Å²) in [4.78, 5) is 25.0. The van der Waals surface area contributed by atoms with Crippen LogP contribution in [0.4, 0.5) is 5.95 Å². The first-order valence-electron chi connectivity index (χ1n) is 12.1.